The first-order valence-electron chi connectivity index (χ1n) is 5.75. The monoisotopic (exact) mass is 213 g/mol. The van der Waals surface area contributed by atoms with E-state index in [-0.39, 0.29) is 0 Å². The summed E-state index contributed by atoms with van der Waals surface area (Å²) in [5, 5.41) is 2.57. The van der Waals surface area contributed by atoms with Crippen LogP contribution in [-0.2, 0) is 11.3 Å². The summed E-state index contributed by atoms with van der Waals surface area (Å²) in [4.78, 5) is 0. The molecule has 0 fully saturated rings. The molecular weight excluding hydrogens is 196 g/mol. The van der Waals surface area contributed by atoms with Crippen molar-refractivity contribution < 1.29 is 4.74 Å². The fraction of sp³-hybridized carbons (Fsp3) is 0.267. The Morgan fingerprint density at radius 1 is 1.00 bits per heavy atom. The van der Waals surface area contributed by atoms with Gasteiger partial charge in [0.1, 0.15) is 0 Å². The van der Waals surface area contributed by atoms with Gasteiger partial charge in [0, 0.05) is 6.61 Å². The van der Waals surface area contributed by atoms with Crippen molar-refractivity contribution in [3.05, 3.63) is 55.0 Å². The van der Waals surface area contributed by atoms with Gasteiger partial charge in [-0.2, -0.15) is 0 Å². The SMILES string of the molecule is [CH2]CCCOCc1cccc2ccccc12. The van der Waals surface area contributed by atoms with Gasteiger partial charge in [-0.05, 0) is 22.8 Å². The molecule has 0 aliphatic rings. The van der Waals surface area contributed by atoms with Crippen LogP contribution in [-0.4, -0.2) is 6.61 Å². The Kier molecular flexibility index (Phi) is 3.95. The molecule has 2 aromatic carbocycles. The molecule has 16 heavy (non-hydrogen) atoms. The molecule has 0 unspecified atom stereocenters. The molecule has 0 N–H and O–H groups in total. The van der Waals surface area contributed by atoms with Gasteiger partial charge in [-0.25, -0.2) is 0 Å². The third-order valence-corrected chi connectivity index (χ3v) is 2.68. The van der Waals surface area contributed by atoms with E-state index in [0.717, 1.165) is 19.4 Å². The molecule has 0 atom stereocenters. The average molecular weight is 213 g/mol. The lowest BCUT2D eigenvalue weighted by Crippen LogP contribution is -1.95. The molecule has 1 radical (unpaired) electrons. The van der Waals surface area contributed by atoms with Crippen LogP contribution in [0.5, 0.6) is 0 Å². The summed E-state index contributed by atoms with van der Waals surface area (Å²) in [5.41, 5.74) is 1.27. The number of benzene rings is 2. The van der Waals surface area contributed by atoms with Crippen LogP contribution in [0.2, 0.25) is 0 Å². The van der Waals surface area contributed by atoms with E-state index in [4.69, 9.17) is 4.74 Å². The molecule has 2 aromatic rings. The van der Waals surface area contributed by atoms with Gasteiger partial charge in [0.2, 0.25) is 0 Å². The van der Waals surface area contributed by atoms with E-state index in [9.17, 15) is 0 Å². The second-order valence-corrected chi connectivity index (χ2v) is 3.90. The number of hydrogen-bond donors (Lipinski definition) is 0. The van der Waals surface area contributed by atoms with Crippen molar-refractivity contribution in [2.75, 3.05) is 6.61 Å². The summed E-state index contributed by atoms with van der Waals surface area (Å²) in [6.45, 7) is 5.29. The molecule has 0 aliphatic carbocycles. The minimum atomic E-state index is 0.696. The van der Waals surface area contributed by atoms with E-state index >= 15 is 0 Å². The Labute approximate surface area is 97.1 Å². The average Bonchev–Trinajstić information content (AvgIpc) is 2.35. The van der Waals surface area contributed by atoms with Crippen LogP contribution >= 0.6 is 0 Å². The molecule has 0 saturated carbocycles. The van der Waals surface area contributed by atoms with Crippen molar-refractivity contribution in [2.24, 2.45) is 0 Å². The first kappa shape index (κ1) is 11.2. The maximum atomic E-state index is 5.63. The normalized spacial score (nSPS) is 10.8. The van der Waals surface area contributed by atoms with Gasteiger partial charge in [0.05, 0.1) is 6.61 Å². The highest BCUT2D eigenvalue weighted by Crippen LogP contribution is 2.19. The van der Waals surface area contributed by atoms with Crippen LogP contribution in [0.15, 0.2) is 42.5 Å². The highest BCUT2D eigenvalue weighted by atomic mass is 16.5. The molecule has 0 heterocycles. The molecule has 0 bridgehead atoms. The van der Waals surface area contributed by atoms with Gasteiger partial charge in [0.15, 0.2) is 0 Å². The van der Waals surface area contributed by atoms with Gasteiger partial charge in [-0.15, -0.1) is 0 Å². The zero-order chi connectivity index (χ0) is 11.2. The fourth-order valence-corrected chi connectivity index (χ4v) is 1.80. The van der Waals surface area contributed by atoms with Crippen molar-refractivity contribution in [3.8, 4) is 0 Å². The highest BCUT2D eigenvalue weighted by Gasteiger charge is 1.99. The molecule has 0 spiro atoms. The van der Waals surface area contributed by atoms with E-state index in [1.165, 1.54) is 16.3 Å². The van der Waals surface area contributed by atoms with Crippen LogP contribution in [0.4, 0.5) is 0 Å². The third kappa shape index (κ3) is 2.61. The lowest BCUT2D eigenvalue weighted by Gasteiger charge is -2.07. The number of unbranched alkanes of at least 4 members (excludes halogenated alkanes) is 1. The van der Waals surface area contributed by atoms with Gasteiger partial charge in [-0.3, -0.25) is 0 Å². The van der Waals surface area contributed by atoms with Crippen LogP contribution in [0.25, 0.3) is 10.8 Å². The second-order valence-electron chi connectivity index (χ2n) is 3.90. The molecule has 0 aliphatic heterocycles. The molecule has 83 valence electrons. The third-order valence-electron chi connectivity index (χ3n) is 2.68. The summed E-state index contributed by atoms with van der Waals surface area (Å²) >= 11 is 0. The van der Waals surface area contributed by atoms with Crippen molar-refractivity contribution in [1.82, 2.24) is 0 Å². The van der Waals surface area contributed by atoms with Crippen LogP contribution < -0.4 is 0 Å². The molecule has 1 heteroatoms. The molecule has 1 nitrogen and oxygen atoms in total. The zero-order valence-electron chi connectivity index (χ0n) is 9.49. The quantitative estimate of drug-likeness (QED) is 0.683. The molecule has 2 rings (SSSR count). The Bertz CT molecular complexity index is 443. The van der Waals surface area contributed by atoms with Gasteiger partial charge >= 0.3 is 0 Å². The highest BCUT2D eigenvalue weighted by molar-refractivity contribution is 5.85. The largest absolute Gasteiger partial charge is 0.377 e. The minimum absolute atomic E-state index is 0.696. The van der Waals surface area contributed by atoms with Gasteiger partial charge in [-0.1, -0.05) is 55.8 Å². The molecule has 0 aromatic heterocycles. The lowest BCUT2D eigenvalue weighted by atomic mass is 10.1. The Balaban J connectivity index is 2.11. The summed E-state index contributed by atoms with van der Waals surface area (Å²) in [6.07, 6.45) is 1.97. The number of rotatable bonds is 5. The number of hydrogen-bond acceptors (Lipinski definition) is 1. The van der Waals surface area contributed by atoms with Crippen LogP contribution in [0, 0.1) is 6.92 Å². The van der Waals surface area contributed by atoms with E-state index in [1.54, 1.807) is 0 Å². The second kappa shape index (κ2) is 5.66. The predicted molar refractivity (Wildman–Crippen MR) is 68.2 cm³/mol. The zero-order valence-corrected chi connectivity index (χ0v) is 9.49. The number of ether oxygens (including phenoxy) is 1. The van der Waals surface area contributed by atoms with Crippen LogP contribution in [0.1, 0.15) is 18.4 Å². The fourth-order valence-electron chi connectivity index (χ4n) is 1.80. The lowest BCUT2D eigenvalue weighted by molar-refractivity contribution is 0.120. The summed E-state index contributed by atoms with van der Waals surface area (Å²) < 4.78 is 5.63. The molecule has 0 saturated heterocycles. The van der Waals surface area contributed by atoms with Crippen molar-refractivity contribution >= 4 is 10.8 Å². The summed E-state index contributed by atoms with van der Waals surface area (Å²) in [7, 11) is 0. The van der Waals surface area contributed by atoms with Crippen molar-refractivity contribution in [3.63, 3.8) is 0 Å². The maximum Gasteiger partial charge on any atom is 0.0722 e. The maximum absolute atomic E-state index is 5.63. The standard InChI is InChI=1S/C15H17O/c1-2-3-11-16-12-14-9-6-8-13-7-4-5-10-15(13)14/h4-10H,1-3,11-12H2. The molecular formula is C15H17O. The van der Waals surface area contributed by atoms with Gasteiger partial charge < -0.3 is 4.74 Å². The topological polar surface area (TPSA) is 9.23 Å². The Hall–Kier alpha value is -1.34. The van der Waals surface area contributed by atoms with E-state index in [2.05, 4.69) is 49.4 Å². The summed E-state index contributed by atoms with van der Waals surface area (Å²) in [6, 6.07) is 14.8. The van der Waals surface area contributed by atoms with Crippen molar-refractivity contribution in [2.45, 2.75) is 19.4 Å². The first-order valence-corrected chi connectivity index (χ1v) is 5.75. The Morgan fingerprint density at radius 3 is 2.69 bits per heavy atom. The van der Waals surface area contributed by atoms with Crippen LogP contribution in [0.3, 0.4) is 0 Å². The van der Waals surface area contributed by atoms with E-state index < -0.39 is 0 Å². The smallest absolute Gasteiger partial charge is 0.0722 e. The van der Waals surface area contributed by atoms with E-state index in [0.29, 0.717) is 6.61 Å². The van der Waals surface area contributed by atoms with E-state index in [1.807, 2.05) is 0 Å². The summed E-state index contributed by atoms with van der Waals surface area (Å²) in [5.74, 6) is 0. The number of fused-ring (bicyclic) bond motifs is 1. The first-order chi connectivity index (χ1) is 7.92. The van der Waals surface area contributed by atoms with Gasteiger partial charge in [0.25, 0.3) is 0 Å². The predicted octanol–water partition coefficient (Wildman–Crippen LogP) is 3.97. The Morgan fingerprint density at radius 2 is 1.81 bits per heavy atom. The minimum Gasteiger partial charge on any atom is -0.377 e. The molecule has 0 amide bonds. The van der Waals surface area contributed by atoms with Crippen molar-refractivity contribution in [1.29, 1.82) is 0 Å².